The molecule has 0 unspecified atom stereocenters. The predicted molar refractivity (Wildman–Crippen MR) is 72.7 cm³/mol. The summed E-state index contributed by atoms with van der Waals surface area (Å²) in [6.07, 6.45) is 0. The minimum Gasteiger partial charge on any atom is -0.304 e. The van der Waals surface area contributed by atoms with Crippen LogP contribution in [0, 0.1) is 0 Å². The van der Waals surface area contributed by atoms with Gasteiger partial charge in [0.25, 0.3) is 0 Å². The lowest BCUT2D eigenvalue weighted by atomic mass is 10.3. The van der Waals surface area contributed by atoms with Gasteiger partial charge in [-0.05, 0) is 24.3 Å². The summed E-state index contributed by atoms with van der Waals surface area (Å²) in [6.45, 7) is 0. The van der Waals surface area contributed by atoms with E-state index in [9.17, 15) is 26.4 Å². The van der Waals surface area contributed by atoms with Crippen LogP contribution in [-0.4, -0.2) is 30.8 Å². The van der Waals surface area contributed by atoms with Gasteiger partial charge >= 0.3 is 15.5 Å². The lowest BCUT2D eigenvalue weighted by molar-refractivity contribution is -0.116. The second-order valence-corrected chi connectivity index (χ2v) is 6.49. The van der Waals surface area contributed by atoms with Gasteiger partial charge in [0.15, 0.2) is 5.17 Å². The van der Waals surface area contributed by atoms with E-state index in [1.165, 1.54) is 28.6 Å². The van der Waals surface area contributed by atoms with Crippen molar-refractivity contribution in [2.24, 2.45) is 4.99 Å². The van der Waals surface area contributed by atoms with Crippen LogP contribution in [0.5, 0.6) is 0 Å². The Morgan fingerprint density at radius 3 is 2.33 bits per heavy atom. The Morgan fingerprint density at radius 2 is 1.86 bits per heavy atom. The number of sulfonamides is 1. The molecule has 0 bridgehead atoms. The second kappa shape index (κ2) is 5.56. The Morgan fingerprint density at radius 1 is 1.24 bits per heavy atom. The van der Waals surface area contributed by atoms with Crippen LogP contribution in [0.25, 0.3) is 0 Å². The smallest absolute Gasteiger partial charge is 0.304 e. The summed E-state index contributed by atoms with van der Waals surface area (Å²) < 4.78 is 59.8. The number of anilines is 1. The quantitative estimate of drug-likeness (QED) is 0.879. The van der Waals surface area contributed by atoms with Gasteiger partial charge in [-0.25, -0.2) is 4.99 Å². The van der Waals surface area contributed by atoms with Crippen LogP contribution in [0.3, 0.4) is 0 Å². The largest absolute Gasteiger partial charge is 0.516 e. The minimum atomic E-state index is -5.44. The highest BCUT2D eigenvalue weighted by Crippen LogP contribution is 2.26. The second-order valence-electron chi connectivity index (χ2n) is 3.85. The zero-order chi connectivity index (χ0) is 15.7. The number of amides is 1. The number of nitrogens with one attached hydrogen (secondary N) is 2. The van der Waals surface area contributed by atoms with Crippen LogP contribution in [0.1, 0.15) is 0 Å². The first-order valence-electron chi connectivity index (χ1n) is 5.38. The number of thioether (sulfide) groups is 1. The monoisotopic (exact) mass is 339 g/mol. The molecule has 114 valence electrons. The summed E-state index contributed by atoms with van der Waals surface area (Å²) in [5, 5.41) is 2.87. The SMILES string of the molecule is O=C1CSC(=Nc2ccc(NS(=O)(=O)C(F)(F)F)cc2)N1. The van der Waals surface area contributed by atoms with Crippen LogP contribution in [0.2, 0.25) is 0 Å². The van der Waals surface area contributed by atoms with Crippen LogP contribution < -0.4 is 10.0 Å². The number of carbonyl (C=O) groups excluding carboxylic acids is 1. The number of rotatable bonds is 3. The van der Waals surface area contributed by atoms with Crippen molar-refractivity contribution < 1.29 is 26.4 Å². The third kappa shape index (κ3) is 3.88. The molecule has 1 fully saturated rings. The third-order valence-corrected chi connectivity index (χ3v) is 4.23. The van der Waals surface area contributed by atoms with Crippen molar-refractivity contribution in [2.75, 3.05) is 10.5 Å². The number of halogens is 3. The maximum atomic E-state index is 12.2. The number of benzene rings is 1. The van der Waals surface area contributed by atoms with E-state index in [4.69, 9.17) is 0 Å². The van der Waals surface area contributed by atoms with Gasteiger partial charge in [0.2, 0.25) is 5.91 Å². The van der Waals surface area contributed by atoms with Crippen molar-refractivity contribution in [1.29, 1.82) is 0 Å². The summed E-state index contributed by atoms with van der Waals surface area (Å²) in [6, 6.07) is 4.94. The molecule has 21 heavy (non-hydrogen) atoms. The van der Waals surface area contributed by atoms with Crippen molar-refractivity contribution in [3.8, 4) is 0 Å². The lowest BCUT2D eigenvalue weighted by Crippen LogP contribution is -2.29. The fourth-order valence-corrected chi connectivity index (χ4v) is 2.58. The molecule has 0 spiro atoms. The maximum Gasteiger partial charge on any atom is 0.516 e. The van der Waals surface area contributed by atoms with E-state index in [-0.39, 0.29) is 17.3 Å². The number of nitrogens with zero attached hydrogens (tertiary/aromatic N) is 1. The molecule has 1 aliphatic rings. The molecule has 1 aromatic rings. The lowest BCUT2D eigenvalue weighted by Gasteiger charge is -2.10. The molecule has 2 rings (SSSR count). The van der Waals surface area contributed by atoms with Crippen molar-refractivity contribution >= 4 is 44.2 Å². The Hall–Kier alpha value is -1.75. The van der Waals surface area contributed by atoms with Gasteiger partial charge in [0.1, 0.15) is 0 Å². The van der Waals surface area contributed by atoms with Gasteiger partial charge in [0, 0.05) is 5.69 Å². The van der Waals surface area contributed by atoms with E-state index in [1.54, 1.807) is 0 Å². The fourth-order valence-electron chi connectivity index (χ4n) is 1.32. The fraction of sp³-hybridized carbons (Fsp3) is 0.200. The normalized spacial score (nSPS) is 17.9. The van der Waals surface area contributed by atoms with Crippen molar-refractivity contribution in [3.05, 3.63) is 24.3 Å². The standard InChI is InChI=1S/C10H8F3N3O3S2/c11-10(12,13)21(18,19)16-7-3-1-6(2-4-7)14-9-15-8(17)5-20-9/h1-4,16H,5H2,(H,14,15,17). The third-order valence-electron chi connectivity index (χ3n) is 2.24. The predicted octanol–water partition coefficient (Wildman–Crippen LogP) is 1.80. The van der Waals surface area contributed by atoms with Crippen LogP contribution in [-0.2, 0) is 14.8 Å². The van der Waals surface area contributed by atoms with Crippen molar-refractivity contribution in [1.82, 2.24) is 5.32 Å². The van der Waals surface area contributed by atoms with E-state index in [2.05, 4.69) is 10.3 Å². The van der Waals surface area contributed by atoms with E-state index in [0.29, 0.717) is 10.9 Å². The molecule has 0 atom stereocenters. The molecule has 6 nitrogen and oxygen atoms in total. The maximum absolute atomic E-state index is 12.2. The Balaban J connectivity index is 2.11. The van der Waals surface area contributed by atoms with Crippen molar-refractivity contribution in [3.63, 3.8) is 0 Å². The first-order valence-corrected chi connectivity index (χ1v) is 7.85. The van der Waals surface area contributed by atoms with E-state index in [0.717, 1.165) is 12.1 Å². The van der Waals surface area contributed by atoms with Gasteiger partial charge in [-0.1, -0.05) is 11.8 Å². The average Bonchev–Trinajstić information content (AvgIpc) is 2.75. The molecule has 0 aliphatic carbocycles. The summed E-state index contributed by atoms with van der Waals surface area (Å²) in [7, 11) is -5.44. The first kappa shape index (κ1) is 15.6. The van der Waals surface area contributed by atoms with Gasteiger partial charge in [-0.2, -0.15) is 21.6 Å². The highest BCUT2D eigenvalue weighted by atomic mass is 32.2. The number of carbonyl (C=O) groups is 1. The molecule has 1 aliphatic heterocycles. The molecule has 1 saturated heterocycles. The van der Waals surface area contributed by atoms with Crippen molar-refractivity contribution in [2.45, 2.75) is 5.51 Å². The number of alkyl halides is 3. The van der Waals surface area contributed by atoms with E-state index < -0.39 is 15.5 Å². The van der Waals surface area contributed by atoms with Crippen LogP contribution in [0.4, 0.5) is 24.5 Å². The zero-order valence-corrected chi connectivity index (χ0v) is 11.8. The van der Waals surface area contributed by atoms with Crippen LogP contribution >= 0.6 is 11.8 Å². The number of hydrogen-bond donors (Lipinski definition) is 2. The summed E-state index contributed by atoms with van der Waals surface area (Å²) >= 11 is 1.19. The molecular weight excluding hydrogens is 331 g/mol. The Kier molecular flexibility index (Phi) is 4.14. The van der Waals surface area contributed by atoms with Gasteiger partial charge < -0.3 is 5.32 Å². The molecule has 0 radical (unpaired) electrons. The minimum absolute atomic E-state index is 0.187. The number of aliphatic imine (C=N–C) groups is 1. The summed E-state index contributed by atoms with van der Waals surface area (Å²) in [4.78, 5) is 15.0. The zero-order valence-electron chi connectivity index (χ0n) is 10.1. The summed E-state index contributed by atoms with van der Waals surface area (Å²) in [5.74, 6) is 0.0655. The average molecular weight is 339 g/mol. The van der Waals surface area contributed by atoms with E-state index >= 15 is 0 Å². The number of amidine groups is 1. The summed E-state index contributed by atoms with van der Waals surface area (Å²) in [5.41, 5.74) is -5.24. The molecule has 1 heterocycles. The highest BCUT2D eigenvalue weighted by Gasteiger charge is 2.45. The molecule has 0 aromatic heterocycles. The first-order chi connectivity index (χ1) is 9.67. The Bertz CT molecular complexity index is 684. The molecular formula is C10H8F3N3O3S2. The molecule has 1 aromatic carbocycles. The van der Waals surface area contributed by atoms with Gasteiger partial charge in [-0.15, -0.1) is 0 Å². The van der Waals surface area contributed by atoms with Crippen LogP contribution in [0.15, 0.2) is 29.3 Å². The van der Waals surface area contributed by atoms with Gasteiger partial charge in [-0.3, -0.25) is 9.52 Å². The van der Waals surface area contributed by atoms with Gasteiger partial charge in [0.05, 0.1) is 11.4 Å². The molecule has 1 amide bonds. The topological polar surface area (TPSA) is 87.6 Å². The molecule has 2 N–H and O–H groups in total. The molecule has 11 heteroatoms. The Labute approximate surface area is 121 Å². The van der Waals surface area contributed by atoms with E-state index in [1.807, 2.05) is 0 Å². The molecule has 0 saturated carbocycles. The highest BCUT2D eigenvalue weighted by molar-refractivity contribution is 8.15. The number of hydrogen-bond acceptors (Lipinski definition) is 5.